The summed E-state index contributed by atoms with van der Waals surface area (Å²) < 4.78 is 45.5. The van der Waals surface area contributed by atoms with E-state index >= 15 is 0 Å². The van der Waals surface area contributed by atoms with E-state index in [1.165, 1.54) is 7.11 Å². The van der Waals surface area contributed by atoms with E-state index < -0.39 is 16.1 Å². The van der Waals surface area contributed by atoms with Gasteiger partial charge in [0.25, 0.3) is 0 Å². The minimum Gasteiger partial charge on any atom is -0.491 e. The topological polar surface area (TPSA) is 108 Å². The van der Waals surface area contributed by atoms with Crippen molar-refractivity contribution in [2.45, 2.75) is 46.0 Å². The smallest absolute Gasteiger partial charge is 0.333 e. The molecule has 37 heavy (non-hydrogen) atoms. The van der Waals surface area contributed by atoms with Gasteiger partial charge in [0.1, 0.15) is 18.1 Å². The van der Waals surface area contributed by atoms with Crippen molar-refractivity contribution in [2.75, 3.05) is 39.3 Å². The molecule has 2 aromatic carbocycles. The zero-order valence-electron chi connectivity index (χ0n) is 21.9. The molecule has 0 aliphatic carbocycles. The number of unbranched alkanes of at least 4 members (excludes halogenated alkanes) is 1. The maximum absolute atomic E-state index is 12.0. The highest BCUT2D eigenvalue weighted by Gasteiger charge is 2.12. The van der Waals surface area contributed by atoms with Crippen LogP contribution in [0.2, 0.25) is 0 Å². The number of rotatable bonds is 18. The summed E-state index contributed by atoms with van der Waals surface area (Å²) in [5.41, 5.74) is 2.96. The predicted octanol–water partition coefficient (Wildman–Crippen LogP) is 4.90. The highest BCUT2D eigenvalue weighted by Crippen LogP contribution is 2.25. The first-order valence-electron chi connectivity index (χ1n) is 12.5. The van der Waals surface area contributed by atoms with Gasteiger partial charge in [0.15, 0.2) is 0 Å². The average molecular weight is 535 g/mol. The maximum atomic E-state index is 12.0. The zero-order valence-corrected chi connectivity index (χ0v) is 22.7. The van der Waals surface area contributed by atoms with E-state index in [-0.39, 0.29) is 17.9 Å². The molecule has 0 amide bonds. The lowest BCUT2D eigenvalue weighted by molar-refractivity contribution is -0.133. The van der Waals surface area contributed by atoms with Gasteiger partial charge in [-0.3, -0.25) is 0 Å². The Morgan fingerprint density at radius 1 is 1.00 bits per heavy atom. The van der Waals surface area contributed by atoms with Gasteiger partial charge in [-0.2, -0.15) is 8.42 Å². The van der Waals surface area contributed by atoms with Crippen LogP contribution in [0, 0.1) is 0 Å². The van der Waals surface area contributed by atoms with Crippen molar-refractivity contribution in [2.24, 2.45) is 0 Å². The SMILES string of the molecule is CCCCS(=O)(=O)Oc1ccc(CCCc2ccc(C=C(COC)C(=O)O)cc2OCCOCC)cc1. The van der Waals surface area contributed by atoms with Crippen molar-refractivity contribution in [1.29, 1.82) is 0 Å². The van der Waals surface area contributed by atoms with E-state index in [0.717, 1.165) is 36.8 Å². The fraction of sp³-hybridized carbons (Fsp3) is 0.464. The highest BCUT2D eigenvalue weighted by molar-refractivity contribution is 7.87. The molecule has 2 aromatic rings. The molecule has 0 radical (unpaired) electrons. The summed E-state index contributed by atoms with van der Waals surface area (Å²) >= 11 is 0. The minimum atomic E-state index is -3.56. The number of carbonyl (C=O) groups is 1. The van der Waals surface area contributed by atoms with Crippen LogP contribution in [0.5, 0.6) is 11.5 Å². The van der Waals surface area contributed by atoms with Gasteiger partial charge in [0.2, 0.25) is 0 Å². The van der Waals surface area contributed by atoms with E-state index in [1.54, 1.807) is 18.2 Å². The normalized spacial score (nSPS) is 11.9. The Bertz CT molecular complexity index is 1110. The summed E-state index contributed by atoms with van der Waals surface area (Å²) in [7, 11) is -2.11. The van der Waals surface area contributed by atoms with Crippen LogP contribution in [0.15, 0.2) is 48.0 Å². The van der Waals surface area contributed by atoms with Crippen LogP contribution in [0.4, 0.5) is 0 Å². The summed E-state index contributed by atoms with van der Waals surface area (Å²) in [6, 6.07) is 12.8. The van der Waals surface area contributed by atoms with Gasteiger partial charge >= 0.3 is 16.1 Å². The Morgan fingerprint density at radius 2 is 1.76 bits per heavy atom. The van der Waals surface area contributed by atoms with Gasteiger partial charge < -0.3 is 23.5 Å². The van der Waals surface area contributed by atoms with Crippen LogP contribution in [0.3, 0.4) is 0 Å². The van der Waals surface area contributed by atoms with Crippen molar-refractivity contribution >= 4 is 22.2 Å². The van der Waals surface area contributed by atoms with Crippen molar-refractivity contribution in [3.63, 3.8) is 0 Å². The largest absolute Gasteiger partial charge is 0.491 e. The number of aliphatic carboxylic acids is 1. The molecule has 0 saturated carbocycles. The zero-order chi connectivity index (χ0) is 27.1. The molecule has 8 nitrogen and oxygen atoms in total. The molecule has 0 aromatic heterocycles. The molecule has 9 heteroatoms. The third kappa shape index (κ3) is 11.4. The first kappa shape index (κ1) is 30.3. The Labute approximate surface area is 220 Å². The molecule has 0 saturated heterocycles. The molecular formula is C28H38O8S. The van der Waals surface area contributed by atoms with E-state index in [2.05, 4.69) is 0 Å². The van der Waals surface area contributed by atoms with Crippen LogP contribution in [0.25, 0.3) is 6.08 Å². The minimum absolute atomic E-state index is 0.00607. The van der Waals surface area contributed by atoms with E-state index in [1.807, 2.05) is 44.2 Å². The summed E-state index contributed by atoms with van der Waals surface area (Å²) in [5, 5.41) is 9.39. The number of carboxylic acid groups (broad SMARTS) is 1. The molecule has 0 heterocycles. The van der Waals surface area contributed by atoms with Crippen LogP contribution in [-0.2, 0) is 37.2 Å². The molecule has 1 N–H and O–H groups in total. The average Bonchev–Trinajstić information content (AvgIpc) is 2.87. The van der Waals surface area contributed by atoms with Gasteiger partial charge in [0.05, 0.1) is 24.5 Å². The standard InChI is InChI=1S/C28H38O8S/c1-4-6-18-37(31,32)36-26-14-11-22(12-15-26)8-7-9-24-13-10-23(19-25(21-33-3)28(29)30)20-27(24)35-17-16-34-5-2/h10-15,19-20H,4-9,16-18,21H2,1-3H3,(H,29,30). The second-order valence-corrected chi connectivity index (χ2v) is 10.2. The van der Waals surface area contributed by atoms with Gasteiger partial charge in [-0.15, -0.1) is 0 Å². The van der Waals surface area contributed by atoms with E-state index in [9.17, 15) is 18.3 Å². The van der Waals surface area contributed by atoms with E-state index in [4.69, 9.17) is 18.4 Å². The molecule has 0 bridgehead atoms. The third-order valence-corrected chi connectivity index (χ3v) is 6.74. The first-order valence-corrected chi connectivity index (χ1v) is 14.1. The van der Waals surface area contributed by atoms with Crippen molar-refractivity contribution in [3.05, 3.63) is 64.7 Å². The molecule has 0 aliphatic heterocycles. The lowest BCUT2D eigenvalue weighted by Crippen LogP contribution is -2.13. The second-order valence-electron chi connectivity index (χ2n) is 8.52. The Hall–Kier alpha value is -2.88. The molecule has 0 fully saturated rings. The number of carboxylic acids is 1. The first-order chi connectivity index (χ1) is 17.8. The van der Waals surface area contributed by atoms with Gasteiger partial charge in [0, 0.05) is 13.7 Å². The Morgan fingerprint density at radius 3 is 2.41 bits per heavy atom. The Kier molecular flexibility index (Phi) is 13.2. The molecule has 0 unspecified atom stereocenters. The fourth-order valence-electron chi connectivity index (χ4n) is 3.58. The molecule has 0 atom stereocenters. The molecule has 2 rings (SSSR count). The fourth-order valence-corrected chi connectivity index (χ4v) is 4.71. The van der Waals surface area contributed by atoms with Crippen molar-refractivity contribution in [1.82, 2.24) is 0 Å². The van der Waals surface area contributed by atoms with Gasteiger partial charge in [-0.05, 0) is 73.6 Å². The number of hydrogen-bond acceptors (Lipinski definition) is 7. The van der Waals surface area contributed by atoms with Crippen molar-refractivity contribution < 1.29 is 36.7 Å². The molecule has 0 spiro atoms. The molecule has 204 valence electrons. The summed E-state index contributed by atoms with van der Waals surface area (Å²) in [6.07, 6.45) is 5.33. The summed E-state index contributed by atoms with van der Waals surface area (Å²) in [5.74, 6) is -0.00207. The summed E-state index contributed by atoms with van der Waals surface area (Å²) in [4.78, 5) is 11.5. The second kappa shape index (κ2) is 16.1. The van der Waals surface area contributed by atoms with Crippen LogP contribution >= 0.6 is 0 Å². The monoisotopic (exact) mass is 534 g/mol. The number of benzene rings is 2. The van der Waals surface area contributed by atoms with Crippen LogP contribution in [-0.4, -0.2) is 58.8 Å². The quantitative estimate of drug-likeness (QED) is 0.163. The molecular weight excluding hydrogens is 496 g/mol. The lowest BCUT2D eigenvalue weighted by Gasteiger charge is -2.13. The number of methoxy groups -OCH3 is 1. The van der Waals surface area contributed by atoms with Gasteiger partial charge in [-0.1, -0.05) is 37.6 Å². The molecule has 0 aliphatic rings. The van der Waals surface area contributed by atoms with Crippen LogP contribution < -0.4 is 8.92 Å². The maximum Gasteiger partial charge on any atom is 0.333 e. The number of aryl methyl sites for hydroxylation is 2. The van der Waals surface area contributed by atoms with Crippen molar-refractivity contribution in [3.8, 4) is 11.5 Å². The van der Waals surface area contributed by atoms with Gasteiger partial charge in [-0.25, -0.2) is 4.79 Å². The lowest BCUT2D eigenvalue weighted by atomic mass is 10.0. The van der Waals surface area contributed by atoms with Crippen LogP contribution in [0.1, 0.15) is 49.8 Å². The highest BCUT2D eigenvalue weighted by atomic mass is 32.2. The predicted molar refractivity (Wildman–Crippen MR) is 144 cm³/mol. The summed E-state index contributed by atoms with van der Waals surface area (Å²) in [6.45, 7) is 5.32. The number of ether oxygens (including phenoxy) is 3. The third-order valence-electron chi connectivity index (χ3n) is 5.50. The Balaban J connectivity index is 2.05. The van der Waals surface area contributed by atoms with E-state index in [0.29, 0.717) is 43.3 Å². The number of hydrogen-bond donors (Lipinski definition) is 1.